The van der Waals surface area contributed by atoms with Crippen molar-refractivity contribution in [3.05, 3.63) is 59.7 Å². The molecule has 0 fully saturated rings. The summed E-state index contributed by atoms with van der Waals surface area (Å²) in [5.74, 6) is 1.66. The first-order valence-electron chi connectivity index (χ1n) is 7.01. The molecule has 0 N–H and O–H groups in total. The van der Waals surface area contributed by atoms with E-state index in [1.165, 1.54) is 0 Å². The summed E-state index contributed by atoms with van der Waals surface area (Å²) in [5.41, 5.74) is 3.75. The molecular weight excluding hydrogens is 276 g/mol. The van der Waals surface area contributed by atoms with Crippen LogP contribution in [0.15, 0.2) is 58.7 Å². The molecule has 22 heavy (non-hydrogen) atoms. The Hall–Kier alpha value is -2.62. The second-order valence-corrected chi connectivity index (χ2v) is 4.83. The maximum Gasteiger partial charge on any atom is 0.118 e. The van der Waals surface area contributed by atoms with E-state index < -0.39 is 0 Å². The van der Waals surface area contributed by atoms with Crippen LogP contribution in [-0.2, 0) is 0 Å². The topological polar surface area (TPSA) is 43.2 Å². The van der Waals surface area contributed by atoms with E-state index in [0.717, 1.165) is 34.0 Å². The molecule has 2 aromatic carbocycles. The average Bonchev–Trinajstić information content (AvgIpc) is 2.59. The molecule has 0 atom stereocenters. The molecule has 0 amide bonds. The third-order valence-electron chi connectivity index (χ3n) is 3.37. The maximum absolute atomic E-state index is 5.15. The SMILES string of the molecule is COc1ccc(C(C)=N/N=C(\C)c2ccc(OC)cc2)cc1. The lowest BCUT2D eigenvalue weighted by Gasteiger charge is -2.03. The zero-order valence-electron chi connectivity index (χ0n) is 13.3. The van der Waals surface area contributed by atoms with E-state index in [1.807, 2.05) is 62.4 Å². The van der Waals surface area contributed by atoms with Crippen LogP contribution in [0.25, 0.3) is 0 Å². The van der Waals surface area contributed by atoms with E-state index in [1.54, 1.807) is 14.2 Å². The van der Waals surface area contributed by atoms with Crippen molar-refractivity contribution >= 4 is 11.4 Å². The first-order valence-corrected chi connectivity index (χ1v) is 7.01. The van der Waals surface area contributed by atoms with Crippen LogP contribution in [0.4, 0.5) is 0 Å². The van der Waals surface area contributed by atoms with E-state index in [-0.39, 0.29) is 0 Å². The molecule has 0 aliphatic heterocycles. The van der Waals surface area contributed by atoms with Gasteiger partial charge in [-0.05, 0) is 73.5 Å². The highest BCUT2D eigenvalue weighted by molar-refractivity contribution is 6.01. The fraction of sp³-hybridized carbons (Fsp3) is 0.222. The summed E-state index contributed by atoms with van der Waals surface area (Å²) in [6.07, 6.45) is 0. The molecule has 0 bridgehead atoms. The molecule has 0 aromatic heterocycles. The van der Waals surface area contributed by atoms with E-state index in [9.17, 15) is 0 Å². The smallest absolute Gasteiger partial charge is 0.118 e. The number of nitrogens with zero attached hydrogens (tertiary/aromatic N) is 2. The summed E-state index contributed by atoms with van der Waals surface area (Å²) in [6, 6.07) is 15.5. The monoisotopic (exact) mass is 296 g/mol. The highest BCUT2D eigenvalue weighted by atomic mass is 16.5. The first kappa shape index (κ1) is 15.8. The number of methoxy groups -OCH3 is 2. The molecule has 0 saturated carbocycles. The minimum absolute atomic E-state index is 0.828. The third kappa shape index (κ3) is 3.95. The van der Waals surface area contributed by atoms with Gasteiger partial charge in [-0.15, -0.1) is 0 Å². The van der Waals surface area contributed by atoms with Crippen molar-refractivity contribution in [3.63, 3.8) is 0 Å². The highest BCUT2D eigenvalue weighted by Crippen LogP contribution is 2.13. The van der Waals surface area contributed by atoms with E-state index in [2.05, 4.69) is 10.2 Å². The highest BCUT2D eigenvalue weighted by Gasteiger charge is 2.00. The van der Waals surface area contributed by atoms with Crippen LogP contribution in [0, 0.1) is 0 Å². The van der Waals surface area contributed by atoms with Crippen LogP contribution in [0.1, 0.15) is 25.0 Å². The van der Waals surface area contributed by atoms with E-state index >= 15 is 0 Å². The van der Waals surface area contributed by atoms with Crippen molar-refractivity contribution in [2.24, 2.45) is 10.2 Å². The van der Waals surface area contributed by atoms with Gasteiger partial charge in [0.05, 0.1) is 25.6 Å². The molecule has 4 nitrogen and oxygen atoms in total. The van der Waals surface area contributed by atoms with Crippen molar-refractivity contribution in [2.45, 2.75) is 13.8 Å². The Bertz CT molecular complexity index is 610. The van der Waals surface area contributed by atoms with Crippen molar-refractivity contribution in [1.82, 2.24) is 0 Å². The minimum Gasteiger partial charge on any atom is -0.497 e. The summed E-state index contributed by atoms with van der Waals surface area (Å²) in [7, 11) is 3.30. The molecule has 114 valence electrons. The Morgan fingerprint density at radius 3 is 1.23 bits per heavy atom. The van der Waals surface area contributed by atoms with Gasteiger partial charge in [-0.2, -0.15) is 10.2 Å². The molecule has 0 aliphatic rings. The molecule has 2 aromatic rings. The molecule has 0 unspecified atom stereocenters. The van der Waals surface area contributed by atoms with Crippen molar-refractivity contribution < 1.29 is 9.47 Å². The Labute approximate surface area is 131 Å². The van der Waals surface area contributed by atoms with Gasteiger partial charge >= 0.3 is 0 Å². The normalized spacial score (nSPS) is 12.2. The zero-order chi connectivity index (χ0) is 15.9. The second-order valence-electron chi connectivity index (χ2n) is 4.83. The molecule has 4 heteroatoms. The van der Waals surface area contributed by atoms with Crippen LogP contribution in [0.2, 0.25) is 0 Å². The number of hydrogen-bond acceptors (Lipinski definition) is 4. The van der Waals surface area contributed by atoms with Gasteiger partial charge in [0.1, 0.15) is 11.5 Å². The van der Waals surface area contributed by atoms with Crippen LogP contribution in [0.5, 0.6) is 11.5 Å². The lowest BCUT2D eigenvalue weighted by Crippen LogP contribution is -1.97. The van der Waals surface area contributed by atoms with Gasteiger partial charge in [0.2, 0.25) is 0 Å². The van der Waals surface area contributed by atoms with Crippen LogP contribution in [0.3, 0.4) is 0 Å². The first-order chi connectivity index (χ1) is 10.6. The molecule has 0 spiro atoms. The van der Waals surface area contributed by atoms with Gasteiger partial charge in [-0.1, -0.05) is 0 Å². The van der Waals surface area contributed by atoms with E-state index in [0.29, 0.717) is 0 Å². The zero-order valence-corrected chi connectivity index (χ0v) is 13.3. The Morgan fingerprint density at radius 1 is 0.636 bits per heavy atom. The van der Waals surface area contributed by atoms with Gasteiger partial charge in [-0.25, -0.2) is 0 Å². The molecule has 0 saturated heterocycles. The molecular formula is C18H20N2O2. The third-order valence-corrected chi connectivity index (χ3v) is 3.37. The molecule has 2 rings (SSSR count). The number of ether oxygens (including phenoxy) is 2. The standard InChI is InChI=1S/C18H20N2O2/c1-13(15-5-9-17(21-3)10-6-15)19-20-14(2)16-7-11-18(22-4)12-8-16/h5-12H,1-4H3/b19-13+,20-14?. The number of rotatable bonds is 5. The van der Waals surface area contributed by atoms with Gasteiger partial charge < -0.3 is 9.47 Å². The van der Waals surface area contributed by atoms with Gasteiger partial charge in [-0.3, -0.25) is 0 Å². The maximum atomic E-state index is 5.15. The molecule has 0 heterocycles. The predicted molar refractivity (Wildman–Crippen MR) is 90.4 cm³/mol. The lowest BCUT2D eigenvalue weighted by atomic mass is 10.1. The number of hydrogen-bond donors (Lipinski definition) is 0. The Kier molecular flexibility index (Phi) is 5.31. The minimum atomic E-state index is 0.828. The predicted octanol–water partition coefficient (Wildman–Crippen LogP) is 3.94. The second kappa shape index (κ2) is 7.41. The van der Waals surface area contributed by atoms with Crippen LogP contribution >= 0.6 is 0 Å². The van der Waals surface area contributed by atoms with Crippen molar-refractivity contribution in [2.75, 3.05) is 14.2 Å². The van der Waals surface area contributed by atoms with Gasteiger partial charge in [0.25, 0.3) is 0 Å². The van der Waals surface area contributed by atoms with Crippen molar-refractivity contribution in [3.8, 4) is 11.5 Å². The fourth-order valence-electron chi connectivity index (χ4n) is 1.93. The fourth-order valence-corrected chi connectivity index (χ4v) is 1.93. The van der Waals surface area contributed by atoms with Gasteiger partial charge in [0.15, 0.2) is 0 Å². The molecule has 0 radical (unpaired) electrons. The quantitative estimate of drug-likeness (QED) is 0.619. The average molecular weight is 296 g/mol. The summed E-state index contributed by atoms with van der Waals surface area (Å²) >= 11 is 0. The summed E-state index contributed by atoms with van der Waals surface area (Å²) in [5, 5.41) is 8.60. The van der Waals surface area contributed by atoms with Crippen LogP contribution < -0.4 is 9.47 Å². The Morgan fingerprint density at radius 2 is 0.955 bits per heavy atom. The van der Waals surface area contributed by atoms with Gasteiger partial charge in [0, 0.05) is 0 Å². The summed E-state index contributed by atoms with van der Waals surface area (Å²) in [4.78, 5) is 0. The van der Waals surface area contributed by atoms with E-state index in [4.69, 9.17) is 9.47 Å². The lowest BCUT2D eigenvalue weighted by molar-refractivity contribution is 0.414. The van der Waals surface area contributed by atoms with Crippen LogP contribution in [-0.4, -0.2) is 25.6 Å². The summed E-state index contributed by atoms with van der Waals surface area (Å²) in [6.45, 7) is 3.87. The number of benzene rings is 2. The van der Waals surface area contributed by atoms with Crippen molar-refractivity contribution in [1.29, 1.82) is 0 Å². The molecule has 0 aliphatic carbocycles. The largest absolute Gasteiger partial charge is 0.497 e. The Balaban J connectivity index is 2.15. The summed E-state index contributed by atoms with van der Waals surface area (Å²) < 4.78 is 10.3.